The van der Waals surface area contributed by atoms with Gasteiger partial charge in [-0.25, -0.2) is 15.1 Å². The van der Waals surface area contributed by atoms with Crippen molar-refractivity contribution >= 4 is 34.7 Å². The number of benzene rings is 2. The molecule has 2 aromatic carbocycles. The summed E-state index contributed by atoms with van der Waals surface area (Å²) < 4.78 is 11.7. The van der Waals surface area contributed by atoms with Crippen LogP contribution in [0.2, 0.25) is 0 Å². The topological polar surface area (TPSA) is 168 Å². The minimum Gasteiger partial charge on any atom is -0.465 e. The number of carbonyl (C=O) groups is 4. The molecule has 0 aromatic heterocycles. The molecule has 5 amide bonds. The Hall–Kier alpha value is -3.94. The lowest BCUT2D eigenvalue weighted by atomic mass is 10.0. The van der Waals surface area contributed by atoms with Gasteiger partial charge in [0.05, 0.1) is 6.04 Å². The summed E-state index contributed by atoms with van der Waals surface area (Å²) in [5.41, 5.74) is 3.03. The predicted octanol–water partition coefficient (Wildman–Crippen LogP) is 3.13. The summed E-state index contributed by atoms with van der Waals surface area (Å²) in [5, 5.41) is 18.4. The van der Waals surface area contributed by atoms with Crippen LogP contribution >= 0.6 is 0 Å². The highest BCUT2D eigenvalue weighted by Crippen LogP contribution is 2.23. The maximum Gasteiger partial charge on any atom is 0.404 e. The molecular formula is C30H45N5O8. The van der Waals surface area contributed by atoms with Gasteiger partial charge < -0.3 is 35.4 Å². The van der Waals surface area contributed by atoms with Gasteiger partial charge in [0.2, 0.25) is 11.8 Å². The van der Waals surface area contributed by atoms with Gasteiger partial charge in [0.25, 0.3) is 0 Å². The molecule has 0 fully saturated rings. The van der Waals surface area contributed by atoms with Gasteiger partial charge in [-0.2, -0.15) is 0 Å². The van der Waals surface area contributed by atoms with Gasteiger partial charge in [0.15, 0.2) is 12.9 Å². The average Bonchev–Trinajstić information content (AvgIpc) is 2.98. The van der Waals surface area contributed by atoms with Crippen LogP contribution in [0.3, 0.4) is 0 Å². The highest BCUT2D eigenvalue weighted by molar-refractivity contribution is 5.89. The summed E-state index contributed by atoms with van der Waals surface area (Å²) in [6, 6.07) is 11.7. The molecule has 0 heterocycles. The largest absolute Gasteiger partial charge is 0.465 e. The van der Waals surface area contributed by atoms with Gasteiger partial charge in [-0.3, -0.25) is 14.4 Å². The molecule has 0 spiro atoms. The number of amides is 5. The number of ether oxygens (including phenoxy) is 2. The fourth-order valence-electron chi connectivity index (χ4n) is 4.56. The zero-order chi connectivity index (χ0) is 31.6. The van der Waals surface area contributed by atoms with E-state index in [4.69, 9.17) is 19.4 Å². The quantitative estimate of drug-likeness (QED) is 0.0927. The molecule has 0 saturated carbocycles. The van der Waals surface area contributed by atoms with Crippen LogP contribution in [0.15, 0.2) is 42.5 Å². The monoisotopic (exact) mass is 603 g/mol. The third-order valence-corrected chi connectivity index (χ3v) is 6.59. The number of nitrogens with one attached hydrogen (secondary N) is 4. The Kier molecular flexibility index (Phi) is 15.8. The van der Waals surface area contributed by atoms with E-state index in [-0.39, 0.29) is 25.4 Å². The maximum atomic E-state index is 14.3. The fourth-order valence-corrected chi connectivity index (χ4v) is 4.56. The Morgan fingerprint density at radius 3 is 2.30 bits per heavy atom. The molecule has 13 heteroatoms. The molecule has 238 valence electrons. The zero-order valence-corrected chi connectivity index (χ0v) is 25.4. The number of urea groups is 1. The zero-order valence-electron chi connectivity index (χ0n) is 25.4. The van der Waals surface area contributed by atoms with E-state index in [1.807, 2.05) is 63.2 Å². The van der Waals surface area contributed by atoms with Crippen LogP contribution in [0, 0.1) is 0 Å². The number of fused-ring (bicyclic) bond motifs is 1. The predicted molar refractivity (Wildman–Crippen MR) is 161 cm³/mol. The van der Waals surface area contributed by atoms with Crippen LogP contribution in [0.1, 0.15) is 52.5 Å². The van der Waals surface area contributed by atoms with Crippen molar-refractivity contribution in [3.63, 3.8) is 0 Å². The van der Waals surface area contributed by atoms with Crippen molar-refractivity contribution in [3.8, 4) is 0 Å². The third-order valence-electron chi connectivity index (χ3n) is 6.59. The van der Waals surface area contributed by atoms with Crippen molar-refractivity contribution in [1.29, 1.82) is 0 Å². The van der Waals surface area contributed by atoms with E-state index >= 15 is 0 Å². The van der Waals surface area contributed by atoms with Gasteiger partial charge in [-0.05, 0) is 63.3 Å². The number of hydrogen-bond donors (Lipinski definition) is 5. The summed E-state index contributed by atoms with van der Waals surface area (Å²) in [6.07, 6.45) is -0.699. The second-order valence-electron chi connectivity index (χ2n) is 9.72. The first-order valence-electron chi connectivity index (χ1n) is 14.6. The van der Waals surface area contributed by atoms with Crippen molar-refractivity contribution in [2.75, 3.05) is 32.9 Å². The van der Waals surface area contributed by atoms with Crippen molar-refractivity contribution in [3.05, 3.63) is 48.0 Å². The van der Waals surface area contributed by atoms with Gasteiger partial charge in [-0.15, -0.1) is 0 Å². The van der Waals surface area contributed by atoms with Crippen LogP contribution in [0.4, 0.5) is 9.59 Å². The Morgan fingerprint density at radius 1 is 0.930 bits per heavy atom. The molecule has 0 bridgehead atoms. The summed E-state index contributed by atoms with van der Waals surface area (Å²) in [7, 11) is 0. The standard InChI is InChI=1S/C30H45N5O8/c1-5-31-29(38)34-43-20-26(36)33-25(17-10-11-18-32-30(39)40)27(37)35(21(4)28(41-6-2)42-7-3)19-23-15-12-14-22-13-8-9-16-24(22)23/h8-9,12-16,21,25,28,32H,5-7,10-11,17-20H2,1-4H3,(H,33,36)(H,39,40)(H2,31,34,38)/t21-,25-/m0/s1. The average molecular weight is 604 g/mol. The highest BCUT2D eigenvalue weighted by atomic mass is 16.7. The van der Waals surface area contributed by atoms with E-state index in [0.29, 0.717) is 32.6 Å². The molecule has 5 N–H and O–H groups in total. The van der Waals surface area contributed by atoms with Crippen LogP contribution in [0.5, 0.6) is 0 Å². The number of hydrogen-bond acceptors (Lipinski definition) is 7. The van der Waals surface area contributed by atoms with Crippen LogP contribution in [-0.4, -0.2) is 85.2 Å². The summed E-state index contributed by atoms with van der Waals surface area (Å²) in [4.78, 5) is 56.2. The van der Waals surface area contributed by atoms with E-state index < -0.39 is 43.0 Å². The summed E-state index contributed by atoms with van der Waals surface area (Å²) in [6.45, 7) is 8.31. The Balaban J connectivity index is 2.35. The normalized spacial score (nSPS) is 12.4. The molecule has 13 nitrogen and oxygen atoms in total. The second-order valence-corrected chi connectivity index (χ2v) is 9.72. The summed E-state index contributed by atoms with van der Waals surface area (Å²) in [5.74, 6) is -0.969. The SMILES string of the molecule is CCNC(=O)NOCC(=O)N[C@@H](CCCCNC(=O)O)C(=O)N(Cc1cccc2ccccc12)[C@@H](C)C(OCC)OCC. The Bertz CT molecular complexity index is 1170. The van der Waals surface area contributed by atoms with E-state index in [2.05, 4.69) is 21.4 Å². The number of rotatable bonds is 19. The lowest BCUT2D eigenvalue weighted by Gasteiger charge is -2.37. The number of carboxylic acid groups (broad SMARTS) is 1. The number of hydroxylamine groups is 1. The smallest absolute Gasteiger partial charge is 0.404 e. The van der Waals surface area contributed by atoms with Crippen molar-refractivity contribution in [2.45, 2.75) is 71.9 Å². The van der Waals surface area contributed by atoms with Crippen LogP contribution in [-0.2, 0) is 30.4 Å². The molecule has 0 radical (unpaired) electrons. The number of nitrogens with zero attached hydrogens (tertiary/aromatic N) is 1. The van der Waals surface area contributed by atoms with Crippen molar-refractivity contribution in [2.24, 2.45) is 0 Å². The molecule has 43 heavy (non-hydrogen) atoms. The maximum absolute atomic E-state index is 14.3. The molecule has 0 aliphatic heterocycles. The lowest BCUT2D eigenvalue weighted by molar-refractivity contribution is -0.180. The lowest BCUT2D eigenvalue weighted by Crippen LogP contribution is -2.55. The minimum atomic E-state index is -1.13. The molecule has 2 atom stereocenters. The van der Waals surface area contributed by atoms with E-state index in [1.54, 1.807) is 11.8 Å². The molecular weight excluding hydrogens is 558 g/mol. The molecule has 0 aliphatic carbocycles. The highest BCUT2D eigenvalue weighted by Gasteiger charge is 2.33. The van der Waals surface area contributed by atoms with E-state index in [1.165, 1.54) is 0 Å². The van der Waals surface area contributed by atoms with Crippen molar-refractivity contribution < 1.29 is 38.6 Å². The van der Waals surface area contributed by atoms with Crippen molar-refractivity contribution in [1.82, 2.24) is 26.3 Å². The first kappa shape index (κ1) is 35.3. The Morgan fingerprint density at radius 2 is 1.63 bits per heavy atom. The summed E-state index contributed by atoms with van der Waals surface area (Å²) >= 11 is 0. The third kappa shape index (κ3) is 12.1. The minimum absolute atomic E-state index is 0.205. The van der Waals surface area contributed by atoms with E-state index in [0.717, 1.165) is 16.3 Å². The number of unbranched alkanes of at least 4 members (excludes halogenated alkanes) is 1. The van der Waals surface area contributed by atoms with Crippen LogP contribution < -0.4 is 21.4 Å². The Labute approximate surface area is 252 Å². The first-order chi connectivity index (χ1) is 20.7. The van der Waals surface area contributed by atoms with Gasteiger partial charge in [0.1, 0.15) is 6.04 Å². The number of carbonyl (C=O) groups excluding carboxylic acids is 3. The first-order valence-corrected chi connectivity index (χ1v) is 14.6. The second kappa shape index (κ2) is 19.3. The van der Waals surface area contributed by atoms with Gasteiger partial charge >= 0.3 is 12.1 Å². The fraction of sp³-hybridized carbons (Fsp3) is 0.533. The molecule has 0 unspecified atom stereocenters. The van der Waals surface area contributed by atoms with E-state index in [9.17, 15) is 19.2 Å². The van der Waals surface area contributed by atoms with Gasteiger partial charge in [0, 0.05) is 32.8 Å². The molecule has 0 aliphatic rings. The molecule has 2 aromatic rings. The van der Waals surface area contributed by atoms with Crippen LogP contribution in [0.25, 0.3) is 10.8 Å². The molecule has 2 rings (SSSR count). The van der Waals surface area contributed by atoms with Gasteiger partial charge in [-0.1, -0.05) is 42.5 Å². The molecule has 0 saturated heterocycles.